The number of phenolic OH excluding ortho intramolecular Hbond substituents is 1. The second-order valence-electron chi connectivity index (χ2n) is 4.22. The fourth-order valence-corrected chi connectivity index (χ4v) is 1.75. The van der Waals surface area contributed by atoms with E-state index in [1.807, 2.05) is 30.3 Å². The number of ether oxygens (including phenoxy) is 1. The second kappa shape index (κ2) is 6.07. The van der Waals surface area contributed by atoms with Crippen molar-refractivity contribution in [2.75, 3.05) is 6.61 Å². The maximum absolute atomic E-state index is 9.31. The van der Waals surface area contributed by atoms with Gasteiger partial charge in [0.05, 0.1) is 6.61 Å². The summed E-state index contributed by atoms with van der Waals surface area (Å²) < 4.78 is 5.85. The average Bonchev–Trinajstić information content (AvgIpc) is 2.46. The summed E-state index contributed by atoms with van der Waals surface area (Å²) in [5.74, 6) is 0.895. The molecule has 0 aliphatic heterocycles. The van der Waals surface area contributed by atoms with Gasteiger partial charge in [0, 0.05) is 0 Å². The number of phenols is 1. The molecule has 0 aliphatic rings. The fraction of sp³-hybridized carbons (Fsp3) is 0.125. The zero-order valence-corrected chi connectivity index (χ0v) is 10.5. The highest BCUT2D eigenvalue weighted by atomic mass is 16.5. The Bertz CT molecular complexity index is 532. The van der Waals surface area contributed by atoms with Gasteiger partial charge in [0.2, 0.25) is 0 Å². The molecular weight excluding hydrogens is 240 g/mol. The standard InChI is InChI=1S/C16H16O3/c1-12(11-17)16(13-7-9-14(18)10-8-13)19-15-5-3-2-4-6-15/h2-10,16-18H,1,11H2. The van der Waals surface area contributed by atoms with Crippen molar-refractivity contribution in [2.24, 2.45) is 0 Å². The van der Waals surface area contributed by atoms with Crippen LogP contribution in [0.3, 0.4) is 0 Å². The number of aliphatic hydroxyl groups excluding tert-OH is 1. The number of rotatable bonds is 5. The molecule has 0 saturated heterocycles. The summed E-state index contributed by atoms with van der Waals surface area (Å²) in [5, 5.41) is 18.6. The van der Waals surface area contributed by atoms with Crippen LogP contribution in [-0.2, 0) is 0 Å². The largest absolute Gasteiger partial charge is 0.508 e. The van der Waals surface area contributed by atoms with Gasteiger partial charge in [-0.25, -0.2) is 0 Å². The maximum Gasteiger partial charge on any atom is 0.147 e. The Morgan fingerprint density at radius 1 is 1.05 bits per heavy atom. The molecule has 3 nitrogen and oxygen atoms in total. The molecule has 0 spiro atoms. The van der Waals surface area contributed by atoms with E-state index >= 15 is 0 Å². The molecule has 2 aromatic carbocycles. The average molecular weight is 256 g/mol. The first-order chi connectivity index (χ1) is 9.20. The molecule has 1 atom stereocenters. The van der Waals surface area contributed by atoms with Crippen LogP contribution in [0.2, 0.25) is 0 Å². The summed E-state index contributed by atoms with van der Waals surface area (Å²) in [7, 11) is 0. The van der Waals surface area contributed by atoms with Crippen LogP contribution in [0.25, 0.3) is 0 Å². The zero-order valence-electron chi connectivity index (χ0n) is 10.5. The first kappa shape index (κ1) is 13.2. The van der Waals surface area contributed by atoms with Crippen molar-refractivity contribution in [1.82, 2.24) is 0 Å². The van der Waals surface area contributed by atoms with Gasteiger partial charge >= 0.3 is 0 Å². The highest BCUT2D eigenvalue weighted by molar-refractivity contribution is 5.33. The minimum absolute atomic E-state index is 0.154. The second-order valence-corrected chi connectivity index (χ2v) is 4.22. The van der Waals surface area contributed by atoms with E-state index < -0.39 is 6.10 Å². The van der Waals surface area contributed by atoms with E-state index in [2.05, 4.69) is 6.58 Å². The van der Waals surface area contributed by atoms with Crippen LogP contribution in [0.1, 0.15) is 11.7 Å². The Balaban J connectivity index is 2.26. The third-order valence-corrected chi connectivity index (χ3v) is 2.77. The minimum atomic E-state index is -0.437. The van der Waals surface area contributed by atoms with E-state index in [4.69, 9.17) is 4.74 Å². The molecule has 0 aliphatic carbocycles. The molecule has 0 saturated carbocycles. The SMILES string of the molecule is C=C(CO)C(Oc1ccccc1)c1ccc(O)cc1. The van der Waals surface area contributed by atoms with E-state index in [0.717, 1.165) is 5.56 Å². The lowest BCUT2D eigenvalue weighted by Crippen LogP contribution is -2.12. The van der Waals surface area contributed by atoms with Crippen LogP contribution in [0.4, 0.5) is 0 Å². The summed E-state index contributed by atoms with van der Waals surface area (Å²) in [5.41, 5.74) is 1.40. The zero-order chi connectivity index (χ0) is 13.7. The van der Waals surface area contributed by atoms with Gasteiger partial charge in [0.1, 0.15) is 17.6 Å². The fourth-order valence-electron chi connectivity index (χ4n) is 1.75. The van der Waals surface area contributed by atoms with Crippen molar-refractivity contribution in [3.05, 3.63) is 72.3 Å². The molecule has 2 rings (SSSR count). The highest BCUT2D eigenvalue weighted by Crippen LogP contribution is 2.28. The number of aromatic hydroxyl groups is 1. The van der Waals surface area contributed by atoms with Crippen LogP contribution in [-0.4, -0.2) is 16.8 Å². The van der Waals surface area contributed by atoms with E-state index in [0.29, 0.717) is 11.3 Å². The van der Waals surface area contributed by atoms with Crippen molar-refractivity contribution in [3.8, 4) is 11.5 Å². The smallest absolute Gasteiger partial charge is 0.147 e. The molecule has 1 unspecified atom stereocenters. The Kier molecular flexibility index (Phi) is 4.21. The molecule has 19 heavy (non-hydrogen) atoms. The Hall–Kier alpha value is -2.26. The normalized spacial score (nSPS) is 11.8. The lowest BCUT2D eigenvalue weighted by Gasteiger charge is -2.20. The van der Waals surface area contributed by atoms with Crippen LogP contribution in [0.5, 0.6) is 11.5 Å². The summed E-state index contributed by atoms with van der Waals surface area (Å²) in [6, 6.07) is 16.0. The van der Waals surface area contributed by atoms with E-state index in [-0.39, 0.29) is 12.4 Å². The third kappa shape index (κ3) is 3.36. The Morgan fingerprint density at radius 2 is 1.68 bits per heavy atom. The summed E-state index contributed by atoms with van der Waals surface area (Å²) in [6.07, 6.45) is -0.437. The molecule has 0 fully saturated rings. The van der Waals surface area contributed by atoms with Gasteiger partial charge in [-0.3, -0.25) is 0 Å². The molecule has 0 amide bonds. The number of hydrogen-bond donors (Lipinski definition) is 2. The maximum atomic E-state index is 9.31. The first-order valence-corrected chi connectivity index (χ1v) is 6.00. The monoisotopic (exact) mass is 256 g/mol. The molecule has 2 N–H and O–H groups in total. The van der Waals surface area contributed by atoms with E-state index in [1.165, 1.54) is 0 Å². The van der Waals surface area contributed by atoms with Gasteiger partial charge in [-0.05, 0) is 35.4 Å². The summed E-state index contributed by atoms with van der Waals surface area (Å²) >= 11 is 0. The molecule has 2 aromatic rings. The molecular formula is C16H16O3. The summed E-state index contributed by atoms with van der Waals surface area (Å²) in [4.78, 5) is 0. The Morgan fingerprint density at radius 3 is 2.26 bits per heavy atom. The predicted molar refractivity (Wildman–Crippen MR) is 74.1 cm³/mol. The predicted octanol–water partition coefficient (Wildman–Crippen LogP) is 3.06. The van der Waals surface area contributed by atoms with Gasteiger partial charge in [-0.1, -0.05) is 36.9 Å². The number of benzene rings is 2. The lowest BCUT2D eigenvalue weighted by molar-refractivity contribution is 0.213. The van der Waals surface area contributed by atoms with Gasteiger partial charge in [0.15, 0.2) is 0 Å². The molecule has 0 bridgehead atoms. The number of para-hydroxylation sites is 1. The number of aliphatic hydroxyl groups is 1. The lowest BCUT2D eigenvalue weighted by atomic mass is 10.0. The topological polar surface area (TPSA) is 49.7 Å². The van der Waals surface area contributed by atoms with Crippen molar-refractivity contribution in [3.63, 3.8) is 0 Å². The van der Waals surface area contributed by atoms with Crippen molar-refractivity contribution in [2.45, 2.75) is 6.10 Å². The van der Waals surface area contributed by atoms with Gasteiger partial charge in [-0.15, -0.1) is 0 Å². The van der Waals surface area contributed by atoms with Crippen molar-refractivity contribution in [1.29, 1.82) is 0 Å². The summed E-state index contributed by atoms with van der Waals surface area (Å²) in [6.45, 7) is 3.68. The van der Waals surface area contributed by atoms with Crippen LogP contribution in [0, 0.1) is 0 Å². The molecule has 0 aromatic heterocycles. The van der Waals surface area contributed by atoms with Crippen LogP contribution in [0.15, 0.2) is 66.7 Å². The third-order valence-electron chi connectivity index (χ3n) is 2.77. The Labute approximate surface area is 112 Å². The van der Waals surface area contributed by atoms with E-state index in [1.54, 1.807) is 24.3 Å². The van der Waals surface area contributed by atoms with Crippen molar-refractivity contribution >= 4 is 0 Å². The quantitative estimate of drug-likeness (QED) is 0.808. The van der Waals surface area contributed by atoms with Gasteiger partial charge in [-0.2, -0.15) is 0 Å². The first-order valence-electron chi connectivity index (χ1n) is 6.00. The molecule has 98 valence electrons. The van der Waals surface area contributed by atoms with Crippen LogP contribution >= 0.6 is 0 Å². The molecule has 0 heterocycles. The van der Waals surface area contributed by atoms with Crippen molar-refractivity contribution < 1.29 is 14.9 Å². The molecule has 3 heteroatoms. The van der Waals surface area contributed by atoms with Crippen LogP contribution < -0.4 is 4.74 Å². The highest BCUT2D eigenvalue weighted by Gasteiger charge is 2.16. The van der Waals surface area contributed by atoms with Gasteiger partial charge in [0.25, 0.3) is 0 Å². The van der Waals surface area contributed by atoms with Gasteiger partial charge < -0.3 is 14.9 Å². The van der Waals surface area contributed by atoms with E-state index in [9.17, 15) is 10.2 Å². The molecule has 0 radical (unpaired) electrons. The minimum Gasteiger partial charge on any atom is -0.508 e. The number of hydrogen-bond acceptors (Lipinski definition) is 3.